The summed E-state index contributed by atoms with van der Waals surface area (Å²) in [6.07, 6.45) is 0. The largest absolute Gasteiger partial charge is 0.497 e. The molecule has 0 saturated carbocycles. The fourth-order valence-corrected chi connectivity index (χ4v) is 5.02. The zero-order valence-electron chi connectivity index (χ0n) is 20.2. The smallest absolute Gasteiger partial charge is 0.345 e. The molecule has 0 amide bonds. The maximum absolute atomic E-state index is 13.2. The Morgan fingerprint density at radius 2 is 1.51 bits per heavy atom. The molecule has 0 radical (unpaired) electrons. The minimum Gasteiger partial charge on any atom is -0.497 e. The number of hydrogen-bond acceptors (Lipinski definition) is 5. The van der Waals surface area contributed by atoms with E-state index in [1.165, 1.54) is 0 Å². The van der Waals surface area contributed by atoms with Crippen LogP contribution in [0.1, 0.15) is 5.56 Å². The van der Waals surface area contributed by atoms with Crippen molar-refractivity contribution in [2.45, 2.75) is 6.92 Å². The first-order valence-corrected chi connectivity index (χ1v) is 12.0. The van der Waals surface area contributed by atoms with Crippen LogP contribution in [0.25, 0.3) is 66.2 Å². The van der Waals surface area contributed by atoms with Crippen molar-refractivity contribution in [3.8, 4) is 28.1 Å². The summed E-state index contributed by atoms with van der Waals surface area (Å²) in [7, 11) is 1.64. The second-order valence-electron chi connectivity index (χ2n) is 9.21. The first-order chi connectivity index (χ1) is 18.1. The number of ether oxygens (including phenoxy) is 1. The number of aromatic nitrogens is 1. The Bertz CT molecular complexity index is 2050. The summed E-state index contributed by atoms with van der Waals surface area (Å²) >= 11 is 0. The topological polar surface area (TPSA) is 65.5 Å². The molecule has 0 fully saturated rings. The van der Waals surface area contributed by atoms with Crippen LogP contribution in [0.3, 0.4) is 0 Å². The molecule has 0 N–H and O–H groups in total. The second-order valence-corrected chi connectivity index (χ2v) is 9.21. The molecule has 178 valence electrons. The highest BCUT2D eigenvalue weighted by molar-refractivity contribution is 6.09. The predicted molar refractivity (Wildman–Crippen MR) is 147 cm³/mol. The zero-order chi connectivity index (χ0) is 25.1. The normalized spacial score (nSPS) is 11.6. The summed E-state index contributed by atoms with van der Waals surface area (Å²) in [5, 5.41) is 3.87. The molecule has 0 aliphatic heterocycles. The molecule has 7 aromatic rings. The average Bonchev–Trinajstić information content (AvgIpc) is 3.30. The summed E-state index contributed by atoms with van der Waals surface area (Å²) in [6.45, 7) is 2.04. The molecule has 0 spiro atoms. The quantitative estimate of drug-likeness (QED) is 0.189. The Morgan fingerprint density at radius 1 is 0.730 bits per heavy atom. The zero-order valence-corrected chi connectivity index (χ0v) is 20.2. The molecule has 5 heteroatoms. The lowest BCUT2D eigenvalue weighted by atomic mass is 10.00. The van der Waals surface area contributed by atoms with Crippen molar-refractivity contribution >= 4 is 43.8 Å². The highest BCUT2D eigenvalue weighted by atomic mass is 16.5. The summed E-state index contributed by atoms with van der Waals surface area (Å²) in [4.78, 5) is 18.2. The molecule has 0 atom stereocenters. The molecule has 4 aromatic carbocycles. The van der Waals surface area contributed by atoms with E-state index in [2.05, 4.69) is 6.07 Å². The molecule has 0 unspecified atom stereocenters. The molecule has 3 aromatic heterocycles. The van der Waals surface area contributed by atoms with Crippen LogP contribution in [0.2, 0.25) is 0 Å². The van der Waals surface area contributed by atoms with Gasteiger partial charge in [0.25, 0.3) is 0 Å². The third-order valence-electron chi connectivity index (χ3n) is 6.89. The van der Waals surface area contributed by atoms with Gasteiger partial charge in [-0.05, 0) is 65.7 Å². The number of nitrogens with zero attached hydrogens (tertiary/aromatic N) is 1. The Balaban J connectivity index is 1.56. The summed E-state index contributed by atoms with van der Waals surface area (Å²) < 4.78 is 17.4. The van der Waals surface area contributed by atoms with E-state index in [1.54, 1.807) is 7.11 Å². The van der Waals surface area contributed by atoms with E-state index in [0.29, 0.717) is 27.9 Å². The fraction of sp³-hybridized carbons (Fsp3) is 0.0625. The van der Waals surface area contributed by atoms with E-state index in [4.69, 9.17) is 18.6 Å². The monoisotopic (exact) mass is 483 g/mol. The molecule has 7 rings (SSSR count). The molecule has 0 saturated heterocycles. The molecular formula is C32H21NO4. The number of aryl methyl sites for hydroxylation is 1. The molecule has 37 heavy (non-hydrogen) atoms. The number of fused-ring (bicyclic) bond motifs is 6. The highest BCUT2D eigenvalue weighted by Crippen LogP contribution is 2.38. The van der Waals surface area contributed by atoms with Crippen molar-refractivity contribution < 1.29 is 13.6 Å². The van der Waals surface area contributed by atoms with Crippen molar-refractivity contribution in [3.63, 3.8) is 0 Å². The van der Waals surface area contributed by atoms with Gasteiger partial charge in [-0.3, -0.25) is 0 Å². The average molecular weight is 484 g/mol. The van der Waals surface area contributed by atoms with E-state index in [1.807, 2.05) is 91.9 Å². The van der Waals surface area contributed by atoms with Crippen molar-refractivity contribution in [1.82, 2.24) is 4.98 Å². The van der Waals surface area contributed by atoms with Crippen LogP contribution >= 0.6 is 0 Å². The third-order valence-corrected chi connectivity index (χ3v) is 6.89. The molecule has 0 aliphatic rings. The van der Waals surface area contributed by atoms with Gasteiger partial charge >= 0.3 is 5.63 Å². The van der Waals surface area contributed by atoms with Crippen molar-refractivity contribution in [2.24, 2.45) is 0 Å². The lowest BCUT2D eigenvalue weighted by Crippen LogP contribution is -2.04. The van der Waals surface area contributed by atoms with E-state index in [-0.39, 0.29) is 0 Å². The van der Waals surface area contributed by atoms with Gasteiger partial charge in [0.05, 0.1) is 18.4 Å². The first-order valence-electron chi connectivity index (χ1n) is 12.0. The van der Waals surface area contributed by atoms with Gasteiger partial charge in [-0.1, -0.05) is 54.1 Å². The Hall–Kier alpha value is -4.90. The molecule has 0 aliphatic carbocycles. The van der Waals surface area contributed by atoms with Gasteiger partial charge in [0.1, 0.15) is 22.4 Å². The Morgan fingerprint density at radius 3 is 2.35 bits per heavy atom. The maximum atomic E-state index is 13.2. The number of hydrogen-bond donors (Lipinski definition) is 0. The summed E-state index contributed by atoms with van der Waals surface area (Å²) in [5.74, 6) is 0.761. The fourth-order valence-electron chi connectivity index (χ4n) is 5.02. The number of rotatable bonds is 3. The van der Waals surface area contributed by atoms with Crippen LogP contribution in [0.4, 0.5) is 0 Å². The van der Waals surface area contributed by atoms with Gasteiger partial charge < -0.3 is 13.6 Å². The maximum Gasteiger partial charge on any atom is 0.345 e. The summed E-state index contributed by atoms with van der Waals surface area (Å²) in [6, 6.07) is 29.5. The SMILES string of the molecule is COc1ccc(-c2cc(-c3cc4c(ccc5ccccc54)oc3=O)nc3c2oc2ccc(C)cc23)cc1. The number of furan rings is 1. The van der Waals surface area contributed by atoms with E-state index in [9.17, 15) is 4.79 Å². The van der Waals surface area contributed by atoms with Crippen LogP contribution < -0.4 is 10.4 Å². The van der Waals surface area contributed by atoms with Gasteiger partial charge in [-0.2, -0.15) is 0 Å². The molecule has 5 nitrogen and oxygen atoms in total. The van der Waals surface area contributed by atoms with Gasteiger partial charge in [0.2, 0.25) is 0 Å². The van der Waals surface area contributed by atoms with E-state index < -0.39 is 5.63 Å². The number of methoxy groups -OCH3 is 1. The Labute approximate surface area is 211 Å². The Kier molecular flexibility index (Phi) is 4.66. The highest BCUT2D eigenvalue weighted by Gasteiger charge is 2.19. The minimum atomic E-state index is -0.431. The third kappa shape index (κ3) is 3.39. The minimum absolute atomic E-state index is 0.405. The number of pyridine rings is 1. The van der Waals surface area contributed by atoms with E-state index in [0.717, 1.165) is 49.6 Å². The number of benzene rings is 4. The van der Waals surface area contributed by atoms with Gasteiger partial charge in [0.15, 0.2) is 5.58 Å². The van der Waals surface area contributed by atoms with Crippen LogP contribution in [0.15, 0.2) is 105 Å². The summed E-state index contributed by atoms with van der Waals surface area (Å²) in [5.41, 5.74) is 6.06. The van der Waals surface area contributed by atoms with Crippen LogP contribution in [0.5, 0.6) is 5.75 Å². The van der Waals surface area contributed by atoms with Crippen molar-refractivity contribution in [2.75, 3.05) is 7.11 Å². The van der Waals surface area contributed by atoms with Crippen LogP contribution in [-0.2, 0) is 0 Å². The molecule has 3 heterocycles. The van der Waals surface area contributed by atoms with Gasteiger partial charge in [0, 0.05) is 16.3 Å². The van der Waals surface area contributed by atoms with Crippen molar-refractivity contribution in [3.05, 3.63) is 107 Å². The molecule has 0 bridgehead atoms. The van der Waals surface area contributed by atoms with Crippen molar-refractivity contribution in [1.29, 1.82) is 0 Å². The molecular weight excluding hydrogens is 462 g/mol. The standard InChI is InChI=1S/C32H21NO4/c1-18-7-13-29-26(15-18)30-31(36-29)23(20-8-11-21(35-2)12-9-20)17-27(33-30)25-16-24-22-6-4-3-5-19(22)10-14-28(24)37-32(25)34/h3-17H,1-2H3. The van der Waals surface area contributed by atoms with Crippen LogP contribution in [-0.4, -0.2) is 12.1 Å². The van der Waals surface area contributed by atoms with Gasteiger partial charge in [-0.15, -0.1) is 0 Å². The first kappa shape index (κ1) is 21.4. The van der Waals surface area contributed by atoms with Crippen LogP contribution in [0, 0.1) is 6.92 Å². The second kappa shape index (κ2) is 8.07. The van der Waals surface area contributed by atoms with Gasteiger partial charge in [-0.25, -0.2) is 9.78 Å². The lowest BCUT2D eigenvalue weighted by molar-refractivity contribution is 0.415. The lowest BCUT2D eigenvalue weighted by Gasteiger charge is -2.09. The predicted octanol–water partition coefficient (Wildman–Crippen LogP) is 7.89. The van der Waals surface area contributed by atoms with E-state index >= 15 is 0 Å².